The van der Waals surface area contributed by atoms with E-state index in [0.717, 1.165) is 76.1 Å². The van der Waals surface area contributed by atoms with Crippen molar-refractivity contribution in [2.75, 3.05) is 54.0 Å². The molecule has 2 N–H and O–H groups in total. The van der Waals surface area contributed by atoms with Crippen LogP contribution in [0.25, 0.3) is 0 Å². The summed E-state index contributed by atoms with van der Waals surface area (Å²) in [7, 11) is 6.19. The van der Waals surface area contributed by atoms with Gasteiger partial charge in [0.15, 0.2) is 5.96 Å². The second-order valence-electron chi connectivity index (χ2n) is 8.48. The molecule has 29 heavy (non-hydrogen) atoms. The number of likely N-dealkylation sites (N-methyl/N-ethyl adjacent to an activating group) is 1. The monoisotopic (exact) mass is 421 g/mol. The van der Waals surface area contributed by atoms with Gasteiger partial charge < -0.3 is 20.3 Å². The smallest absolute Gasteiger partial charge is 0.191 e. The van der Waals surface area contributed by atoms with Gasteiger partial charge in [-0.05, 0) is 57.5 Å². The van der Waals surface area contributed by atoms with Crippen molar-refractivity contribution >= 4 is 17.6 Å². The summed E-state index contributed by atoms with van der Waals surface area (Å²) in [6.07, 6.45) is 4.35. The molecule has 0 radical (unpaired) electrons. The molecule has 162 valence electrons. The topological polar surface area (TPSA) is 52.1 Å². The summed E-state index contributed by atoms with van der Waals surface area (Å²) < 4.78 is 5.58. The molecule has 0 aliphatic carbocycles. The van der Waals surface area contributed by atoms with Gasteiger partial charge >= 0.3 is 0 Å². The van der Waals surface area contributed by atoms with Crippen molar-refractivity contribution in [3.05, 3.63) is 34.9 Å². The molecule has 2 aliphatic rings. The van der Waals surface area contributed by atoms with Crippen LogP contribution in [0.15, 0.2) is 29.3 Å². The van der Waals surface area contributed by atoms with Crippen molar-refractivity contribution in [3.8, 4) is 0 Å². The van der Waals surface area contributed by atoms with E-state index in [1.165, 1.54) is 5.56 Å². The van der Waals surface area contributed by atoms with Crippen LogP contribution < -0.4 is 10.6 Å². The standard InChI is InChI=1S/C22H36ClN5O/c1-24-21(25-17-22(27(2)3)10-14-29-15-11-22)26-20-8-12-28(13-9-20)16-18-4-6-19(23)7-5-18/h4-7,20H,8-17H2,1-3H3,(H2,24,25,26). The first kappa shape index (κ1) is 22.3. The largest absolute Gasteiger partial charge is 0.381 e. The number of rotatable bonds is 6. The maximum atomic E-state index is 5.99. The Morgan fingerprint density at radius 2 is 1.86 bits per heavy atom. The molecule has 0 aromatic heterocycles. The maximum absolute atomic E-state index is 5.99. The van der Waals surface area contributed by atoms with Gasteiger partial charge in [-0.3, -0.25) is 9.89 Å². The summed E-state index contributed by atoms with van der Waals surface area (Å²) in [5.41, 5.74) is 1.46. The molecule has 2 heterocycles. The van der Waals surface area contributed by atoms with E-state index in [9.17, 15) is 0 Å². The minimum atomic E-state index is 0.137. The van der Waals surface area contributed by atoms with Crippen LogP contribution in [0.4, 0.5) is 0 Å². The fourth-order valence-electron chi connectivity index (χ4n) is 4.25. The first-order valence-electron chi connectivity index (χ1n) is 10.7. The molecule has 0 amide bonds. The fraction of sp³-hybridized carbons (Fsp3) is 0.682. The van der Waals surface area contributed by atoms with Gasteiger partial charge in [0.05, 0.1) is 0 Å². The Balaban J connectivity index is 1.44. The van der Waals surface area contributed by atoms with E-state index in [1.807, 2.05) is 19.2 Å². The van der Waals surface area contributed by atoms with Crippen molar-refractivity contribution in [1.82, 2.24) is 20.4 Å². The van der Waals surface area contributed by atoms with Crippen molar-refractivity contribution in [1.29, 1.82) is 0 Å². The predicted octanol–water partition coefficient (Wildman–Crippen LogP) is 2.58. The van der Waals surface area contributed by atoms with Crippen LogP contribution in [0.1, 0.15) is 31.2 Å². The van der Waals surface area contributed by atoms with E-state index in [2.05, 4.69) is 51.7 Å². The Morgan fingerprint density at radius 1 is 1.21 bits per heavy atom. The molecule has 0 saturated carbocycles. The average molecular weight is 422 g/mol. The number of aliphatic imine (C=N–C) groups is 1. The number of halogens is 1. The van der Waals surface area contributed by atoms with Crippen LogP contribution >= 0.6 is 11.6 Å². The lowest BCUT2D eigenvalue weighted by molar-refractivity contribution is -0.00504. The Morgan fingerprint density at radius 3 is 2.45 bits per heavy atom. The van der Waals surface area contributed by atoms with Crippen molar-refractivity contribution in [3.63, 3.8) is 0 Å². The summed E-state index contributed by atoms with van der Waals surface area (Å²) in [6, 6.07) is 8.65. The zero-order chi connectivity index (χ0) is 20.7. The third-order valence-corrected chi connectivity index (χ3v) is 6.68. The molecule has 1 aromatic carbocycles. The quantitative estimate of drug-likeness (QED) is 0.546. The zero-order valence-corrected chi connectivity index (χ0v) is 18.8. The van der Waals surface area contributed by atoms with E-state index >= 15 is 0 Å². The van der Waals surface area contributed by atoms with Gasteiger partial charge in [-0.2, -0.15) is 0 Å². The van der Waals surface area contributed by atoms with Crippen molar-refractivity contribution < 1.29 is 4.74 Å². The van der Waals surface area contributed by atoms with E-state index in [4.69, 9.17) is 16.3 Å². The molecule has 6 nitrogen and oxygen atoms in total. The normalized spacial score (nSPS) is 21.3. The molecule has 2 saturated heterocycles. The highest BCUT2D eigenvalue weighted by atomic mass is 35.5. The van der Waals surface area contributed by atoms with Gasteiger partial charge in [-0.15, -0.1) is 0 Å². The van der Waals surface area contributed by atoms with E-state index < -0.39 is 0 Å². The number of hydrogen-bond acceptors (Lipinski definition) is 4. The second-order valence-corrected chi connectivity index (χ2v) is 8.91. The number of hydrogen-bond donors (Lipinski definition) is 2. The van der Waals surface area contributed by atoms with Crippen LogP contribution in [-0.2, 0) is 11.3 Å². The molecule has 0 spiro atoms. The zero-order valence-electron chi connectivity index (χ0n) is 18.1. The number of benzene rings is 1. The van der Waals surface area contributed by atoms with Crippen LogP contribution in [0.5, 0.6) is 0 Å². The lowest BCUT2D eigenvalue weighted by Crippen LogP contribution is -2.58. The Hall–Kier alpha value is -1.34. The molecule has 0 bridgehead atoms. The van der Waals surface area contributed by atoms with Gasteiger partial charge in [0.1, 0.15) is 0 Å². The summed E-state index contributed by atoms with van der Waals surface area (Å²) >= 11 is 5.99. The number of ether oxygens (including phenoxy) is 1. The summed E-state index contributed by atoms with van der Waals surface area (Å²) in [5, 5.41) is 8.02. The summed E-state index contributed by atoms with van der Waals surface area (Å²) in [6.45, 7) is 5.73. The van der Waals surface area contributed by atoms with E-state index in [-0.39, 0.29) is 5.54 Å². The van der Waals surface area contributed by atoms with E-state index in [1.54, 1.807) is 0 Å². The first-order chi connectivity index (χ1) is 14.0. The van der Waals surface area contributed by atoms with Gasteiger partial charge in [-0.1, -0.05) is 23.7 Å². The molecule has 7 heteroatoms. The van der Waals surface area contributed by atoms with Gasteiger partial charge in [-0.25, -0.2) is 0 Å². The molecule has 2 fully saturated rings. The molecule has 2 aliphatic heterocycles. The molecule has 0 atom stereocenters. The van der Waals surface area contributed by atoms with Gasteiger partial charge in [0.2, 0.25) is 0 Å². The van der Waals surface area contributed by atoms with Gasteiger partial charge in [0.25, 0.3) is 0 Å². The third-order valence-electron chi connectivity index (χ3n) is 6.43. The van der Waals surface area contributed by atoms with Crippen LogP contribution in [0.3, 0.4) is 0 Å². The summed E-state index contributed by atoms with van der Waals surface area (Å²) in [4.78, 5) is 9.32. The number of piperidine rings is 1. The van der Waals surface area contributed by atoms with Crippen molar-refractivity contribution in [2.24, 2.45) is 4.99 Å². The van der Waals surface area contributed by atoms with Crippen LogP contribution in [0, 0.1) is 0 Å². The molecular formula is C22H36ClN5O. The second kappa shape index (κ2) is 10.6. The lowest BCUT2D eigenvalue weighted by atomic mass is 9.88. The van der Waals surface area contributed by atoms with Crippen LogP contribution in [0.2, 0.25) is 5.02 Å². The average Bonchev–Trinajstić information content (AvgIpc) is 2.74. The highest BCUT2D eigenvalue weighted by molar-refractivity contribution is 6.30. The number of nitrogens with one attached hydrogen (secondary N) is 2. The number of likely N-dealkylation sites (tertiary alicyclic amines) is 1. The van der Waals surface area contributed by atoms with Gasteiger partial charge in [0, 0.05) is 63.0 Å². The Kier molecular flexibility index (Phi) is 8.18. The SMILES string of the molecule is CN=C(NCC1(N(C)C)CCOCC1)NC1CCN(Cc2ccc(Cl)cc2)CC1. The predicted molar refractivity (Wildman–Crippen MR) is 121 cm³/mol. The minimum absolute atomic E-state index is 0.137. The molecular weight excluding hydrogens is 386 g/mol. The lowest BCUT2D eigenvalue weighted by Gasteiger charge is -2.43. The van der Waals surface area contributed by atoms with Crippen molar-refractivity contribution in [2.45, 2.75) is 43.8 Å². The molecule has 0 unspecified atom stereocenters. The van der Waals surface area contributed by atoms with E-state index in [0.29, 0.717) is 6.04 Å². The number of guanidine groups is 1. The first-order valence-corrected chi connectivity index (χ1v) is 11.1. The minimum Gasteiger partial charge on any atom is -0.381 e. The number of nitrogens with zero attached hydrogens (tertiary/aromatic N) is 3. The Labute approximate surface area is 180 Å². The molecule has 3 rings (SSSR count). The Bertz CT molecular complexity index is 650. The summed E-state index contributed by atoms with van der Waals surface area (Å²) in [5.74, 6) is 0.911. The molecule has 1 aromatic rings. The van der Waals surface area contributed by atoms with Crippen LogP contribution in [-0.4, -0.2) is 81.3 Å². The highest BCUT2D eigenvalue weighted by Gasteiger charge is 2.35. The third kappa shape index (κ3) is 6.32. The maximum Gasteiger partial charge on any atom is 0.191 e. The fourth-order valence-corrected chi connectivity index (χ4v) is 4.38. The highest BCUT2D eigenvalue weighted by Crippen LogP contribution is 2.25.